The fourth-order valence-electron chi connectivity index (χ4n) is 5.14. The number of benzene rings is 2. The molecule has 2 aromatic heterocycles. The molecule has 1 aliphatic rings. The average molecular weight is 534 g/mol. The first kappa shape index (κ1) is 25.7. The number of carbonyl (C=O) groups excluding carboxylic acids is 1. The van der Waals surface area contributed by atoms with Crippen LogP contribution in [0.25, 0.3) is 11.0 Å². The van der Waals surface area contributed by atoms with Crippen LogP contribution in [0.1, 0.15) is 60.2 Å². The van der Waals surface area contributed by atoms with Crippen LogP contribution in [0.3, 0.4) is 0 Å². The third kappa shape index (κ3) is 5.33. The summed E-state index contributed by atoms with van der Waals surface area (Å²) in [7, 11) is 0. The molecule has 0 aliphatic carbocycles. The van der Waals surface area contributed by atoms with Crippen LogP contribution in [0.4, 0.5) is 4.79 Å². The molecule has 4 aromatic rings. The molecule has 2 aromatic carbocycles. The van der Waals surface area contributed by atoms with E-state index >= 15 is 0 Å². The third-order valence-corrected chi connectivity index (χ3v) is 7.38. The number of carboxylic acid groups (broad SMARTS) is 1. The SMILES string of the molecule is CC(C)c1nc2ccccc2n1Cc1ccc(C(=O)NC2(Cc3nc(=S)[nH][nH]3)CCN(C(=O)O)CC2)cc1. The van der Waals surface area contributed by atoms with Crippen molar-refractivity contribution < 1.29 is 14.7 Å². The zero-order valence-electron chi connectivity index (χ0n) is 21.4. The maximum absolute atomic E-state index is 13.4. The molecule has 4 N–H and O–H groups in total. The molecule has 38 heavy (non-hydrogen) atoms. The molecule has 11 heteroatoms. The van der Waals surface area contributed by atoms with Crippen molar-refractivity contribution in [1.29, 1.82) is 0 Å². The maximum Gasteiger partial charge on any atom is 0.407 e. The molecular weight excluding hydrogens is 502 g/mol. The molecule has 2 amide bonds. The minimum Gasteiger partial charge on any atom is -0.465 e. The number of carbonyl (C=O) groups is 2. The number of imidazole rings is 1. The number of nitrogens with zero attached hydrogens (tertiary/aromatic N) is 4. The molecule has 0 radical (unpaired) electrons. The topological polar surface area (TPSA) is 132 Å². The Morgan fingerprint density at radius 2 is 1.79 bits per heavy atom. The van der Waals surface area contributed by atoms with Gasteiger partial charge >= 0.3 is 6.09 Å². The van der Waals surface area contributed by atoms with Gasteiger partial charge in [-0.1, -0.05) is 38.1 Å². The zero-order valence-corrected chi connectivity index (χ0v) is 22.2. The van der Waals surface area contributed by atoms with Crippen molar-refractivity contribution in [2.45, 2.75) is 51.1 Å². The lowest BCUT2D eigenvalue weighted by molar-refractivity contribution is 0.0792. The Bertz CT molecular complexity index is 1510. The average Bonchev–Trinajstić information content (AvgIpc) is 3.47. The van der Waals surface area contributed by atoms with Crippen LogP contribution in [0.5, 0.6) is 0 Å². The number of likely N-dealkylation sites (tertiary alicyclic amines) is 1. The quantitative estimate of drug-likeness (QED) is 0.259. The summed E-state index contributed by atoms with van der Waals surface area (Å²) >= 11 is 5.08. The Morgan fingerprint density at radius 1 is 1.08 bits per heavy atom. The summed E-state index contributed by atoms with van der Waals surface area (Å²) in [5.41, 5.74) is 3.04. The van der Waals surface area contributed by atoms with E-state index in [1.807, 2.05) is 42.5 Å². The minimum absolute atomic E-state index is 0.203. The van der Waals surface area contributed by atoms with Gasteiger partial charge in [0.1, 0.15) is 11.6 Å². The Balaban J connectivity index is 1.34. The van der Waals surface area contributed by atoms with E-state index in [1.165, 1.54) is 4.90 Å². The highest BCUT2D eigenvalue weighted by molar-refractivity contribution is 7.71. The molecule has 5 rings (SSSR count). The van der Waals surface area contributed by atoms with Gasteiger partial charge in [0, 0.05) is 37.5 Å². The molecule has 0 saturated carbocycles. The van der Waals surface area contributed by atoms with Crippen molar-refractivity contribution in [3.05, 3.63) is 76.1 Å². The van der Waals surface area contributed by atoms with Gasteiger partial charge in [-0.25, -0.2) is 14.8 Å². The lowest BCUT2D eigenvalue weighted by Crippen LogP contribution is -2.57. The van der Waals surface area contributed by atoms with Crippen molar-refractivity contribution in [1.82, 2.24) is 34.9 Å². The number of rotatable bonds is 7. The monoisotopic (exact) mass is 533 g/mol. The lowest BCUT2D eigenvalue weighted by atomic mass is 9.83. The van der Waals surface area contributed by atoms with Crippen LogP contribution in [0, 0.1) is 4.77 Å². The van der Waals surface area contributed by atoms with Gasteiger partial charge in [-0.2, -0.15) is 0 Å². The highest BCUT2D eigenvalue weighted by atomic mass is 32.1. The number of aromatic amines is 2. The molecular formula is C27H31N7O3S. The predicted molar refractivity (Wildman–Crippen MR) is 146 cm³/mol. The first-order valence-corrected chi connectivity index (χ1v) is 13.1. The van der Waals surface area contributed by atoms with E-state index < -0.39 is 11.6 Å². The van der Waals surface area contributed by atoms with Crippen LogP contribution in [0.15, 0.2) is 48.5 Å². The standard InChI is InChI=1S/C27H31N7O3S/c1-17(2)23-28-20-5-3-4-6-21(20)34(23)16-18-7-9-19(10-8-18)24(35)30-27(15-22-29-25(38)32-31-22)11-13-33(14-12-27)26(36)37/h3-10,17H,11-16H2,1-2H3,(H,30,35)(H,36,37)(H2,29,31,32,38). The largest absolute Gasteiger partial charge is 0.465 e. The van der Waals surface area contributed by atoms with Crippen molar-refractivity contribution in [2.24, 2.45) is 0 Å². The summed E-state index contributed by atoms with van der Waals surface area (Å²) < 4.78 is 2.57. The summed E-state index contributed by atoms with van der Waals surface area (Å²) in [5.74, 6) is 1.73. The fraction of sp³-hybridized carbons (Fsp3) is 0.370. The van der Waals surface area contributed by atoms with Gasteiger partial charge < -0.3 is 19.9 Å². The van der Waals surface area contributed by atoms with E-state index in [0.717, 1.165) is 22.4 Å². The molecule has 1 fully saturated rings. The third-order valence-electron chi connectivity index (χ3n) is 7.18. The summed E-state index contributed by atoms with van der Waals surface area (Å²) in [4.78, 5) is 35.3. The number of aromatic nitrogens is 5. The first-order chi connectivity index (χ1) is 18.2. The van der Waals surface area contributed by atoms with Crippen LogP contribution in [-0.2, 0) is 13.0 Å². The second kappa shape index (κ2) is 10.4. The first-order valence-electron chi connectivity index (χ1n) is 12.7. The molecule has 1 aliphatic heterocycles. The van der Waals surface area contributed by atoms with Gasteiger partial charge in [-0.15, -0.1) is 0 Å². The van der Waals surface area contributed by atoms with Gasteiger partial charge in [-0.05, 0) is 54.9 Å². The smallest absolute Gasteiger partial charge is 0.407 e. The Morgan fingerprint density at radius 3 is 2.42 bits per heavy atom. The van der Waals surface area contributed by atoms with Crippen LogP contribution >= 0.6 is 12.2 Å². The van der Waals surface area contributed by atoms with Crippen LogP contribution in [0.2, 0.25) is 0 Å². The molecule has 0 atom stereocenters. The van der Waals surface area contributed by atoms with Crippen molar-refractivity contribution in [2.75, 3.05) is 13.1 Å². The van der Waals surface area contributed by atoms with Crippen LogP contribution < -0.4 is 5.32 Å². The molecule has 3 heterocycles. The number of H-pyrrole nitrogens is 2. The number of hydrogen-bond acceptors (Lipinski definition) is 5. The number of fused-ring (bicyclic) bond motifs is 1. The minimum atomic E-state index is -0.953. The van der Waals surface area contributed by atoms with Gasteiger partial charge in [0.2, 0.25) is 4.77 Å². The van der Waals surface area contributed by atoms with E-state index in [9.17, 15) is 14.7 Å². The second-order valence-electron chi connectivity index (χ2n) is 10.2. The Labute approximate surface area is 225 Å². The highest BCUT2D eigenvalue weighted by Gasteiger charge is 2.38. The van der Waals surface area contributed by atoms with Gasteiger partial charge in [-0.3, -0.25) is 15.0 Å². The summed E-state index contributed by atoms with van der Waals surface area (Å²) in [6, 6.07) is 15.7. The van der Waals surface area contributed by atoms with E-state index in [-0.39, 0.29) is 11.8 Å². The molecule has 1 saturated heterocycles. The van der Waals surface area contributed by atoms with E-state index in [0.29, 0.717) is 55.1 Å². The molecule has 0 unspecified atom stereocenters. The number of hydrogen-bond donors (Lipinski definition) is 4. The van der Waals surface area contributed by atoms with Gasteiger partial charge in [0.15, 0.2) is 0 Å². The molecule has 198 valence electrons. The summed E-state index contributed by atoms with van der Waals surface area (Å²) in [5, 5.41) is 18.3. The molecule has 0 bridgehead atoms. The highest BCUT2D eigenvalue weighted by Crippen LogP contribution is 2.27. The van der Waals surface area contributed by atoms with Crippen molar-refractivity contribution in [3.63, 3.8) is 0 Å². The summed E-state index contributed by atoms with van der Waals surface area (Å²) in [6.45, 7) is 5.59. The van der Waals surface area contributed by atoms with Crippen molar-refractivity contribution >= 4 is 35.3 Å². The zero-order chi connectivity index (χ0) is 26.9. The van der Waals surface area contributed by atoms with E-state index in [2.05, 4.69) is 45.0 Å². The lowest BCUT2D eigenvalue weighted by Gasteiger charge is -2.41. The number of nitrogens with one attached hydrogen (secondary N) is 3. The molecule has 10 nitrogen and oxygen atoms in total. The van der Waals surface area contributed by atoms with E-state index in [4.69, 9.17) is 17.2 Å². The van der Waals surface area contributed by atoms with E-state index in [1.54, 1.807) is 0 Å². The fourth-order valence-corrected chi connectivity index (χ4v) is 5.30. The van der Waals surface area contributed by atoms with Crippen LogP contribution in [-0.4, -0.2) is 65.4 Å². The van der Waals surface area contributed by atoms with Gasteiger partial charge in [0.05, 0.1) is 16.6 Å². The summed E-state index contributed by atoms with van der Waals surface area (Å²) in [6.07, 6.45) is 0.416. The van der Waals surface area contributed by atoms with Crippen molar-refractivity contribution in [3.8, 4) is 0 Å². The predicted octanol–water partition coefficient (Wildman–Crippen LogP) is 4.47. The maximum atomic E-state index is 13.4. The normalized spacial score (nSPS) is 15.2. The Hall–Kier alpha value is -3.99. The second-order valence-corrected chi connectivity index (χ2v) is 10.6. The molecule has 0 spiro atoms. The Kier molecular flexibility index (Phi) is 7.02. The number of piperidine rings is 1. The number of para-hydroxylation sites is 2. The van der Waals surface area contributed by atoms with Gasteiger partial charge in [0.25, 0.3) is 5.91 Å². The number of amides is 2.